The van der Waals surface area contributed by atoms with Crippen molar-refractivity contribution in [2.45, 2.75) is 74.0 Å². The van der Waals surface area contributed by atoms with Crippen molar-refractivity contribution in [1.82, 2.24) is 10.2 Å². The first kappa shape index (κ1) is 21.2. The van der Waals surface area contributed by atoms with Crippen LogP contribution in [0.5, 0.6) is 0 Å². The van der Waals surface area contributed by atoms with Gasteiger partial charge in [0.05, 0.1) is 5.69 Å². The van der Waals surface area contributed by atoms with Crippen molar-refractivity contribution in [2.24, 2.45) is 0 Å². The molecule has 0 spiro atoms. The Bertz CT molecular complexity index is 786. The van der Waals surface area contributed by atoms with E-state index < -0.39 is 5.25 Å². The number of anilines is 1. The molecule has 3 aliphatic rings. The van der Waals surface area contributed by atoms with Crippen LogP contribution in [0, 0.1) is 0 Å². The van der Waals surface area contributed by atoms with E-state index in [2.05, 4.69) is 5.32 Å². The number of rotatable bonds is 4. The Balaban J connectivity index is 1.48. The standard InChI is InChI=1S/C23H31N3O3S/c27-20(24-17-10-4-2-1-3-5-11-17)16-26-18-12-6-7-13-19(18)30-21(23(26)29)22(28)25-14-8-9-15-25/h6-7,12-13,17,21H,1-5,8-11,14-16H2,(H,24,27). The molecule has 0 aromatic heterocycles. The average Bonchev–Trinajstić information content (AvgIpc) is 3.26. The van der Waals surface area contributed by atoms with E-state index in [0.717, 1.165) is 49.1 Å². The molecule has 1 saturated carbocycles. The van der Waals surface area contributed by atoms with E-state index in [4.69, 9.17) is 0 Å². The lowest BCUT2D eigenvalue weighted by atomic mass is 9.97. The van der Waals surface area contributed by atoms with Gasteiger partial charge in [-0.1, -0.05) is 44.2 Å². The van der Waals surface area contributed by atoms with Gasteiger partial charge in [-0.05, 0) is 37.8 Å². The van der Waals surface area contributed by atoms with E-state index in [1.165, 1.54) is 35.9 Å². The van der Waals surface area contributed by atoms with Gasteiger partial charge in [0.1, 0.15) is 6.54 Å². The lowest BCUT2D eigenvalue weighted by Gasteiger charge is -2.34. The van der Waals surface area contributed by atoms with Crippen molar-refractivity contribution in [3.05, 3.63) is 24.3 Å². The molecule has 1 aliphatic carbocycles. The summed E-state index contributed by atoms with van der Waals surface area (Å²) in [5, 5.41) is 2.35. The van der Waals surface area contributed by atoms with Crippen LogP contribution < -0.4 is 10.2 Å². The highest BCUT2D eigenvalue weighted by atomic mass is 32.2. The molecule has 4 rings (SSSR count). The van der Waals surface area contributed by atoms with Crippen LogP contribution in [0.25, 0.3) is 0 Å². The zero-order chi connectivity index (χ0) is 20.9. The van der Waals surface area contributed by atoms with Gasteiger partial charge in [-0.3, -0.25) is 14.4 Å². The molecule has 7 heteroatoms. The lowest BCUT2D eigenvalue weighted by molar-refractivity contribution is -0.134. The molecule has 0 radical (unpaired) electrons. The molecule has 2 heterocycles. The van der Waals surface area contributed by atoms with E-state index >= 15 is 0 Å². The molecule has 162 valence electrons. The molecular formula is C23H31N3O3S. The quantitative estimate of drug-likeness (QED) is 0.746. The van der Waals surface area contributed by atoms with Crippen molar-refractivity contribution in [1.29, 1.82) is 0 Å². The van der Waals surface area contributed by atoms with Crippen LogP contribution in [0.15, 0.2) is 29.2 Å². The number of nitrogens with one attached hydrogen (secondary N) is 1. The molecule has 2 aliphatic heterocycles. The number of nitrogens with zero attached hydrogens (tertiary/aromatic N) is 2. The van der Waals surface area contributed by atoms with Gasteiger partial charge in [-0.2, -0.15) is 0 Å². The summed E-state index contributed by atoms with van der Waals surface area (Å²) in [5.74, 6) is -0.533. The highest BCUT2D eigenvalue weighted by Gasteiger charge is 2.41. The molecule has 1 unspecified atom stereocenters. The van der Waals surface area contributed by atoms with Crippen LogP contribution in [0.2, 0.25) is 0 Å². The van der Waals surface area contributed by atoms with Crippen LogP contribution in [0.1, 0.15) is 57.8 Å². The summed E-state index contributed by atoms with van der Waals surface area (Å²) in [4.78, 5) is 43.3. The first-order valence-corrected chi connectivity index (χ1v) is 12.2. The minimum absolute atomic E-state index is 0.0311. The maximum atomic E-state index is 13.3. The minimum Gasteiger partial charge on any atom is -0.352 e. The van der Waals surface area contributed by atoms with E-state index in [0.29, 0.717) is 13.1 Å². The molecule has 2 fully saturated rings. The van der Waals surface area contributed by atoms with Crippen molar-refractivity contribution < 1.29 is 14.4 Å². The average molecular weight is 430 g/mol. The monoisotopic (exact) mass is 429 g/mol. The van der Waals surface area contributed by atoms with Gasteiger partial charge in [0.15, 0.2) is 5.25 Å². The second-order valence-corrected chi connectivity index (χ2v) is 9.68. The maximum absolute atomic E-state index is 13.3. The summed E-state index contributed by atoms with van der Waals surface area (Å²) in [6.45, 7) is 1.40. The maximum Gasteiger partial charge on any atom is 0.250 e. The van der Waals surface area contributed by atoms with Crippen molar-refractivity contribution in [3.8, 4) is 0 Å². The summed E-state index contributed by atoms with van der Waals surface area (Å²) < 4.78 is 0. The van der Waals surface area contributed by atoms with Gasteiger partial charge in [0.25, 0.3) is 5.91 Å². The van der Waals surface area contributed by atoms with Gasteiger partial charge in [-0.25, -0.2) is 0 Å². The molecule has 1 aromatic carbocycles. The van der Waals surface area contributed by atoms with Crippen LogP contribution in [-0.4, -0.2) is 53.5 Å². The molecule has 1 saturated heterocycles. The van der Waals surface area contributed by atoms with Gasteiger partial charge in [0.2, 0.25) is 11.8 Å². The molecule has 3 amide bonds. The van der Waals surface area contributed by atoms with E-state index in [1.54, 1.807) is 4.90 Å². The number of carbonyl (C=O) groups is 3. The topological polar surface area (TPSA) is 69.7 Å². The Kier molecular flexibility index (Phi) is 6.97. The van der Waals surface area contributed by atoms with E-state index in [9.17, 15) is 14.4 Å². The summed E-state index contributed by atoms with van der Waals surface area (Å²) in [6, 6.07) is 7.75. The van der Waals surface area contributed by atoms with Gasteiger partial charge >= 0.3 is 0 Å². The predicted molar refractivity (Wildman–Crippen MR) is 119 cm³/mol. The van der Waals surface area contributed by atoms with Gasteiger partial charge in [-0.15, -0.1) is 11.8 Å². The fourth-order valence-electron chi connectivity index (χ4n) is 4.66. The highest BCUT2D eigenvalue weighted by Crippen LogP contribution is 2.40. The molecule has 6 nitrogen and oxygen atoms in total. The van der Waals surface area contributed by atoms with Crippen LogP contribution in [0.3, 0.4) is 0 Å². The summed E-state index contributed by atoms with van der Waals surface area (Å²) in [5.41, 5.74) is 0.728. The molecule has 1 N–H and O–H groups in total. The first-order valence-electron chi connectivity index (χ1n) is 11.3. The zero-order valence-electron chi connectivity index (χ0n) is 17.5. The molecule has 1 atom stereocenters. The Morgan fingerprint density at radius 1 is 0.967 bits per heavy atom. The van der Waals surface area contributed by atoms with E-state index in [1.807, 2.05) is 24.3 Å². The smallest absolute Gasteiger partial charge is 0.250 e. The van der Waals surface area contributed by atoms with Crippen molar-refractivity contribution in [2.75, 3.05) is 24.5 Å². The normalized spacial score (nSPS) is 22.9. The minimum atomic E-state index is -0.799. The second-order valence-electron chi connectivity index (χ2n) is 8.53. The highest BCUT2D eigenvalue weighted by molar-refractivity contribution is 8.01. The van der Waals surface area contributed by atoms with Crippen LogP contribution in [0.4, 0.5) is 5.69 Å². The van der Waals surface area contributed by atoms with Gasteiger partial charge < -0.3 is 15.1 Å². The van der Waals surface area contributed by atoms with E-state index in [-0.39, 0.29) is 30.3 Å². The summed E-state index contributed by atoms with van der Waals surface area (Å²) in [6.07, 6.45) is 9.99. The number of para-hydroxylation sites is 1. The predicted octanol–water partition coefficient (Wildman–Crippen LogP) is 3.35. The summed E-state index contributed by atoms with van der Waals surface area (Å²) >= 11 is 1.32. The van der Waals surface area contributed by atoms with Crippen LogP contribution in [-0.2, 0) is 14.4 Å². The first-order chi connectivity index (χ1) is 14.6. The second kappa shape index (κ2) is 9.86. The lowest BCUT2D eigenvalue weighted by Crippen LogP contribution is -2.52. The van der Waals surface area contributed by atoms with Crippen LogP contribution >= 0.6 is 11.8 Å². The Labute approximate surface area is 182 Å². The number of fused-ring (bicyclic) bond motifs is 1. The van der Waals surface area contributed by atoms with Crippen molar-refractivity contribution in [3.63, 3.8) is 0 Å². The molecule has 30 heavy (non-hydrogen) atoms. The Hall–Kier alpha value is -2.02. The van der Waals surface area contributed by atoms with Crippen molar-refractivity contribution >= 4 is 35.2 Å². The third kappa shape index (κ3) is 4.82. The SMILES string of the molecule is O=C(CN1C(=O)C(C(=O)N2CCCC2)Sc2ccccc21)NC1CCCCCCC1. The number of thioether (sulfide) groups is 1. The number of likely N-dealkylation sites (tertiary alicyclic amines) is 1. The third-order valence-corrected chi connectivity index (χ3v) is 7.54. The molecular weight excluding hydrogens is 398 g/mol. The Morgan fingerprint density at radius 2 is 1.63 bits per heavy atom. The van der Waals surface area contributed by atoms with Gasteiger partial charge in [0, 0.05) is 24.0 Å². The zero-order valence-corrected chi connectivity index (χ0v) is 18.3. The largest absolute Gasteiger partial charge is 0.352 e. The molecule has 0 bridgehead atoms. The fraction of sp³-hybridized carbons (Fsp3) is 0.609. The third-order valence-electron chi connectivity index (χ3n) is 6.31. The Morgan fingerprint density at radius 3 is 2.37 bits per heavy atom. The number of hydrogen-bond donors (Lipinski definition) is 1. The summed E-state index contributed by atoms with van der Waals surface area (Å²) in [7, 11) is 0. The molecule has 1 aromatic rings. The number of carbonyl (C=O) groups excluding carboxylic acids is 3. The number of hydrogen-bond acceptors (Lipinski definition) is 4. The fourth-order valence-corrected chi connectivity index (χ4v) is 5.85. The number of benzene rings is 1. The number of amides is 3.